The Bertz CT molecular complexity index is 3220. The Morgan fingerprint density at radius 3 is 1.79 bits per heavy atom. The van der Waals surface area contributed by atoms with Crippen LogP contribution in [0.5, 0.6) is 0 Å². The number of benzene rings is 7. The first-order chi connectivity index (χ1) is 27.7. The lowest BCUT2D eigenvalue weighted by molar-refractivity contribution is 0.670. The van der Waals surface area contributed by atoms with E-state index in [-0.39, 0.29) is 0 Å². The number of pyridine rings is 1. The first-order valence-electron chi connectivity index (χ1n) is 18.7. The number of rotatable bonds is 6. The summed E-state index contributed by atoms with van der Waals surface area (Å²) in [5.74, 6) is 0.684. The number of aromatic nitrogens is 3. The van der Waals surface area contributed by atoms with Crippen molar-refractivity contribution < 1.29 is 4.42 Å². The van der Waals surface area contributed by atoms with E-state index in [2.05, 4.69) is 145 Å². The molecule has 11 rings (SSSR count). The standard InChI is InChI=1S/C51H31N3OS/c1-2-11-36(12-3-1)51-53-44(31-45(54-51)35-26-24-33(25-27-35)43-17-8-9-30-52-43)34-22-20-32(21-23-34)37-28-29-39(48-42-14-4-6-18-46(42)55-49(37)48)41-16-10-15-40-38-13-5-7-19-47(38)56-50(40)41/h1-31H. The van der Waals surface area contributed by atoms with Crippen molar-refractivity contribution in [2.75, 3.05) is 0 Å². The predicted octanol–water partition coefficient (Wildman–Crippen LogP) is 14.1. The van der Waals surface area contributed by atoms with Gasteiger partial charge < -0.3 is 4.42 Å². The molecule has 0 radical (unpaired) electrons. The number of furan rings is 1. The van der Waals surface area contributed by atoms with Gasteiger partial charge in [-0.1, -0.05) is 146 Å². The lowest BCUT2D eigenvalue weighted by Gasteiger charge is -2.12. The summed E-state index contributed by atoms with van der Waals surface area (Å²) in [6, 6.07) is 63.5. The van der Waals surface area contributed by atoms with Crippen LogP contribution >= 0.6 is 11.3 Å². The molecule has 5 heteroatoms. The fourth-order valence-corrected chi connectivity index (χ4v) is 9.09. The molecule has 0 unspecified atom stereocenters. The maximum Gasteiger partial charge on any atom is 0.160 e. The van der Waals surface area contributed by atoms with Gasteiger partial charge in [0.25, 0.3) is 0 Å². The molecule has 0 saturated heterocycles. The Kier molecular flexibility index (Phi) is 7.64. The maximum atomic E-state index is 6.73. The zero-order chi connectivity index (χ0) is 37.0. The highest BCUT2D eigenvalue weighted by Crippen LogP contribution is 2.46. The summed E-state index contributed by atoms with van der Waals surface area (Å²) in [4.78, 5) is 14.7. The first-order valence-corrected chi connectivity index (χ1v) is 19.5. The molecule has 4 nitrogen and oxygen atoms in total. The number of fused-ring (bicyclic) bond motifs is 6. The summed E-state index contributed by atoms with van der Waals surface area (Å²) in [5, 5.41) is 4.83. The van der Waals surface area contributed by atoms with Crippen molar-refractivity contribution >= 4 is 53.4 Å². The van der Waals surface area contributed by atoms with Gasteiger partial charge in [-0.15, -0.1) is 11.3 Å². The molecular formula is C51H31N3OS. The van der Waals surface area contributed by atoms with E-state index in [1.807, 2.05) is 60.0 Å². The molecule has 0 amide bonds. The zero-order valence-electron chi connectivity index (χ0n) is 30.1. The van der Waals surface area contributed by atoms with E-state index in [1.54, 1.807) is 0 Å². The molecular weight excluding hydrogens is 703 g/mol. The number of thiophene rings is 1. The van der Waals surface area contributed by atoms with Crippen LogP contribution in [0.15, 0.2) is 193 Å². The van der Waals surface area contributed by atoms with E-state index in [0.717, 1.165) is 72.4 Å². The van der Waals surface area contributed by atoms with Gasteiger partial charge in [0, 0.05) is 70.5 Å². The van der Waals surface area contributed by atoms with Crippen LogP contribution in [-0.2, 0) is 0 Å². The van der Waals surface area contributed by atoms with Crippen molar-refractivity contribution in [2.24, 2.45) is 0 Å². The highest BCUT2D eigenvalue weighted by Gasteiger charge is 2.20. The van der Waals surface area contributed by atoms with Crippen LogP contribution in [0.1, 0.15) is 0 Å². The Labute approximate surface area is 327 Å². The molecule has 262 valence electrons. The normalized spacial score (nSPS) is 11.6. The van der Waals surface area contributed by atoms with Crippen molar-refractivity contribution in [3.05, 3.63) is 188 Å². The Morgan fingerprint density at radius 1 is 0.411 bits per heavy atom. The molecule has 0 bridgehead atoms. The van der Waals surface area contributed by atoms with Crippen molar-refractivity contribution in [3.8, 4) is 67.4 Å². The molecule has 0 spiro atoms. The minimum Gasteiger partial charge on any atom is -0.455 e. The third-order valence-electron chi connectivity index (χ3n) is 10.6. The van der Waals surface area contributed by atoms with Crippen LogP contribution in [0.25, 0.3) is 110 Å². The lowest BCUT2D eigenvalue weighted by Crippen LogP contribution is -1.96. The van der Waals surface area contributed by atoms with E-state index in [9.17, 15) is 0 Å². The molecule has 0 fully saturated rings. The third-order valence-corrected chi connectivity index (χ3v) is 11.8. The second-order valence-electron chi connectivity index (χ2n) is 13.9. The number of hydrogen-bond donors (Lipinski definition) is 0. The van der Waals surface area contributed by atoms with E-state index < -0.39 is 0 Å². The fraction of sp³-hybridized carbons (Fsp3) is 0. The Balaban J connectivity index is 1.02. The highest BCUT2D eigenvalue weighted by molar-refractivity contribution is 7.26. The summed E-state index contributed by atoms with van der Waals surface area (Å²) in [6.07, 6.45) is 1.82. The van der Waals surface area contributed by atoms with Crippen molar-refractivity contribution in [1.82, 2.24) is 15.0 Å². The van der Waals surface area contributed by atoms with Gasteiger partial charge in [-0.05, 0) is 47.5 Å². The Morgan fingerprint density at radius 2 is 1.04 bits per heavy atom. The van der Waals surface area contributed by atoms with Crippen molar-refractivity contribution in [3.63, 3.8) is 0 Å². The smallest absolute Gasteiger partial charge is 0.160 e. The van der Waals surface area contributed by atoms with Crippen molar-refractivity contribution in [2.45, 2.75) is 0 Å². The van der Waals surface area contributed by atoms with Crippen LogP contribution in [0.3, 0.4) is 0 Å². The van der Waals surface area contributed by atoms with Crippen LogP contribution in [0, 0.1) is 0 Å². The van der Waals surface area contributed by atoms with E-state index in [1.165, 1.54) is 31.3 Å². The average Bonchev–Trinajstić information content (AvgIpc) is 3.86. The largest absolute Gasteiger partial charge is 0.455 e. The lowest BCUT2D eigenvalue weighted by atomic mass is 9.93. The summed E-state index contributed by atoms with van der Waals surface area (Å²) in [5.41, 5.74) is 13.0. The maximum absolute atomic E-state index is 6.73. The van der Waals surface area contributed by atoms with Crippen LogP contribution in [0.2, 0.25) is 0 Å². The van der Waals surface area contributed by atoms with Crippen LogP contribution in [0.4, 0.5) is 0 Å². The molecule has 7 aromatic carbocycles. The molecule has 0 N–H and O–H groups in total. The van der Waals surface area contributed by atoms with Crippen molar-refractivity contribution in [1.29, 1.82) is 0 Å². The second kappa shape index (κ2) is 13.3. The fourth-order valence-electron chi connectivity index (χ4n) is 7.86. The average molecular weight is 734 g/mol. The third kappa shape index (κ3) is 5.48. The minimum atomic E-state index is 0.684. The van der Waals surface area contributed by atoms with Gasteiger partial charge in [0.2, 0.25) is 0 Å². The topological polar surface area (TPSA) is 51.8 Å². The summed E-state index contributed by atoms with van der Waals surface area (Å²) < 4.78 is 9.32. The van der Waals surface area contributed by atoms with Gasteiger partial charge in [-0.3, -0.25) is 4.98 Å². The summed E-state index contributed by atoms with van der Waals surface area (Å²) in [7, 11) is 0. The summed E-state index contributed by atoms with van der Waals surface area (Å²) in [6.45, 7) is 0. The highest BCUT2D eigenvalue weighted by atomic mass is 32.1. The van der Waals surface area contributed by atoms with Gasteiger partial charge in [0.15, 0.2) is 5.82 Å². The van der Waals surface area contributed by atoms with Gasteiger partial charge in [-0.25, -0.2) is 9.97 Å². The number of para-hydroxylation sites is 1. The van der Waals surface area contributed by atoms with Crippen LogP contribution in [-0.4, -0.2) is 15.0 Å². The molecule has 4 aromatic heterocycles. The molecule has 0 aliphatic rings. The molecule has 0 saturated carbocycles. The molecule has 0 aliphatic heterocycles. The van der Waals surface area contributed by atoms with Crippen LogP contribution < -0.4 is 0 Å². The SMILES string of the molecule is c1ccc(-c2nc(-c3ccc(-c4ccccn4)cc3)cc(-c3ccc(-c4ccc(-c5cccc6c5sc5ccccc56)c5c4oc4ccccc45)cc3)n2)cc1. The zero-order valence-corrected chi connectivity index (χ0v) is 30.9. The van der Waals surface area contributed by atoms with E-state index >= 15 is 0 Å². The monoisotopic (exact) mass is 733 g/mol. The quantitative estimate of drug-likeness (QED) is 0.171. The number of nitrogens with zero attached hydrogens (tertiary/aromatic N) is 3. The molecule has 0 atom stereocenters. The molecule has 0 aliphatic carbocycles. The second-order valence-corrected chi connectivity index (χ2v) is 15.0. The van der Waals surface area contributed by atoms with Gasteiger partial charge in [-0.2, -0.15) is 0 Å². The summed E-state index contributed by atoms with van der Waals surface area (Å²) >= 11 is 1.85. The molecule has 4 heterocycles. The van der Waals surface area contributed by atoms with E-state index in [0.29, 0.717) is 5.82 Å². The number of hydrogen-bond acceptors (Lipinski definition) is 5. The first kappa shape index (κ1) is 32.2. The van der Waals surface area contributed by atoms with Gasteiger partial charge in [0.1, 0.15) is 11.2 Å². The molecule has 56 heavy (non-hydrogen) atoms. The molecule has 11 aromatic rings. The van der Waals surface area contributed by atoms with E-state index in [4.69, 9.17) is 14.4 Å². The predicted molar refractivity (Wildman–Crippen MR) is 233 cm³/mol. The van der Waals surface area contributed by atoms with Gasteiger partial charge >= 0.3 is 0 Å². The van der Waals surface area contributed by atoms with Gasteiger partial charge in [0.05, 0.1) is 17.1 Å². The Hall–Kier alpha value is -7.21. The minimum absolute atomic E-state index is 0.684.